The third-order valence-electron chi connectivity index (χ3n) is 4.89. The molecule has 2 fully saturated rings. The van der Waals surface area contributed by atoms with Gasteiger partial charge in [0.15, 0.2) is 0 Å². The number of rotatable bonds is 5. The third-order valence-corrected chi connectivity index (χ3v) is 4.89. The summed E-state index contributed by atoms with van der Waals surface area (Å²) in [5.41, 5.74) is 0. The maximum Gasteiger partial charge on any atom is 0.320 e. The molecule has 0 amide bonds. The second-order valence-corrected chi connectivity index (χ2v) is 6.18. The van der Waals surface area contributed by atoms with Gasteiger partial charge < -0.3 is 10.0 Å². The van der Waals surface area contributed by atoms with Crippen LogP contribution in [0, 0.1) is 5.92 Å². The van der Waals surface area contributed by atoms with E-state index >= 15 is 0 Å². The Kier molecular flexibility index (Phi) is 5.64. The quantitative estimate of drug-likeness (QED) is 0.829. The van der Waals surface area contributed by atoms with Gasteiger partial charge in [0.05, 0.1) is 0 Å². The average Bonchev–Trinajstić information content (AvgIpc) is 2.46. The number of aliphatic carboxylic acids is 1. The fourth-order valence-electron chi connectivity index (χ4n) is 3.37. The number of carboxylic acid groups (broad SMARTS) is 1. The first-order valence-electron chi connectivity index (χ1n) is 7.86. The van der Waals surface area contributed by atoms with Crippen molar-refractivity contribution in [3.8, 4) is 0 Å². The second-order valence-electron chi connectivity index (χ2n) is 6.18. The largest absolute Gasteiger partial charge is 0.480 e. The van der Waals surface area contributed by atoms with E-state index in [1.54, 1.807) is 6.92 Å². The summed E-state index contributed by atoms with van der Waals surface area (Å²) in [6.45, 7) is 6.87. The summed E-state index contributed by atoms with van der Waals surface area (Å²) < 4.78 is 0. The molecule has 4 nitrogen and oxygen atoms in total. The number of carbonyl (C=O) groups is 1. The van der Waals surface area contributed by atoms with E-state index in [1.165, 1.54) is 45.1 Å². The fourth-order valence-corrected chi connectivity index (χ4v) is 3.37. The van der Waals surface area contributed by atoms with E-state index in [9.17, 15) is 4.79 Å². The van der Waals surface area contributed by atoms with Gasteiger partial charge in [0.1, 0.15) is 6.04 Å². The van der Waals surface area contributed by atoms with Gasteiger partial charge in [-0.1, -0.05) is 32.1 Å². The Morgan fingerprint density at radius 2 is 1.79 bits per heavy atom. The monoisotopic (exact) mass is 268 g/mol. The predicted molar refractivity (Wildman–Crippen MR) is 76.3 cm³/mol. The van der Waals surface area contributed by atoms with E-state index < -0.39 is 5.97 Å². The summed E-state index contributed by atoms with van der Waals surface area (Å²) in [6.07, 6.45) is 8.48. The maximum atomic E-state index is 11.0. The van der Waals surface area contributed by atoms with Gasteiger partial charge in [-0.15, -0.1) is 0 Å². The van der Waals surface area contributed by atoms with Crippen molar-refractivity contribution in [1.29, 1.82) is 0 Å². The van der Waals surface area contributed by atoms with Gasteiger partial charge in [-0.2, -0.15) is 0 Å². The van der Waals surface area contributed by atoms with Crippen LogP contribution in [-0.4, -0.2) is 59.6 Å². The molecule has 4 heteroatoms. The van der Waals surface area contributed by atoms with E-state index in [-0.39, 0.29) is 6.04 Å². The summed E-state index contributed by atoms with van der Waals surface area (Å²) in [5.74, 6) is 0.250. The van der Waals surface area contributed by atoms with Crippen LogP contribution in [0.3, 0.4) is 0 Å². The van der Waals surface area contributed by atoms with Gasteiger partial charge in [-0.05, 0) is 25.8 Å². The van der Waals surface area contributed by atoms with Crippen LogP contribution in [0.25, 0.3) is 0 Å². The topological polar surface area (TPSA) is 43.8 Å². The molecule has 2 aliphatic rings. The second kappa shape index (κ2) is 7.25. The Morgan fingerprint density at radius 1 is 1.16 bits per heavy atom. The molecule has 1 atom stereocenters. The molecule has 1 aliphatic carbocycles. The molecule has 0 aromatic heterocycles. The van der Waals surface area contributed by atoms with Crippen molar-refractivity contribution in [3.63, 3.8) is 0 Å². The summed E-state index contributed by atoms with van der Waals surface area (Å²) in [5, 5.41) is 9.02. The highest BCUT2D eigenvalue weighted by Gasteiger charge is 2.25. The molecular weight excluding hydrogens is 240 g/mol. The number of hydrogen-bond donors (Lipinski definition) is 1. The first-order valence-corrected chi connectivity index (χ1v) is 7.86. The smallest absolute Gasteiger partial charge is 0.320 e. The molecule has 19 heavy (non-hydrogen) atoms. The van der Waals surface area contributed by atoms with Crippen molar-refractivity contribution in [1.82, 2.24) is 9.80 Å². The molecule has 0 spiro atoms. The van der Waals surface area contributed by atoms with Crippen molar-refractivity contribution in [2.75, 3.05) is 32.7 Å². The number of piperazine rings is 1. The van der Waals surface area contributed by atoms with Gasteiger partial charge in [0.2, 0.25) is 0 Å². The minimum atomic E-state index is -0.698. The molecule has 1 N–H and O–H groups in total. The predicted octanol–water partition coefficient (Wildman–Crippen LogP) is 2.05. The van der Waals surface area contributed by atoms with Crippen molar-refractivity contribution in [3.05, 3.63) is 0 Å². The van der Waals surface area contributed by atoms with Crippen LogP contribution in [0.4, 0.5) is 0 Å². The van der Waals surface area contributed by atoms with Gasteiger partial charge >= 0.3 is 5.97 Å². The van der Waals surface area contributed by atoms with Crippen LogP contribution in [-0.2, 0) is 4.79 Å². The zero-order valence-electron chi connectivity index (χ0n) is 12.2. The van der Waals surface area contributed by atoms with E-state index in [0.717, 1.165) is 32.1 Å². The Labute approximate surface area is 116 Å². The highest BCUT2D eigenvalue weighted by atomic mass is 16.4. The highest BCUT2D eigenvalue weighted by Crippen LogP contribution is 2.26. The number of nitrogens with zero attached hydrogens (tertiary/aromatic N) is 2. The third kappa shape index (κ3) is 4.46. The van der Waals surface area contributed by atoms with Crippen molar-refractivity contribution < 1.29 is 9.90 Å². The first-order chi connectivity index (χ1) is 9.16. The molecule has 2 rings (SSSR count). The van der Waals surface area contributed by atoms with Crippen molar-refractivity contribution in [2.45, 2.75) is 51.5 Å². The Balaban J connectivity index is 1.64. The highest BCUT2D eigenvalue weighted by molar-refractivity contribution is 5.72. The van der Waals surface area contributed by atoms with Crippen LogP contribution in [0.1, 0.15) is 45.4 Å². The van der Waals surface area contributed by atoms with Gasteiger partial charge in [-0.3, -0.25) is 9.69 Å². The molecule has 110 valence electrons. The molecule has 1 heterocycles. The van der Waals surface area contributed by atoms with Crippen LogP contribution < -0.4 is 0 Å². The molecule has 1 saturated heterocycles. The summed E-state index contributed by atoms with van der Waals surface area (Å²) >= 11 is 0. The first kappa shape index (κ1) is 14.8. The lowest BCUT2D eigenvalue weighted by molar-refractivity contribution is -0.143. The molecule has 1 aliphatic heterocycles. The molecule has 0 bridgehead atoms. The molecule has 0 aromatic carbocycles. The Bertz CT molecular complexity index is 282. The minimum Gasteiger partial charge on any atom is -0.480 e. The summed E-state index contributed by atoms with van der Waals surface area (Å²) in [7, 11) is 0. The molecule has 1 unspecified atom stereocenters. The van der Waals surface area contributed by atoms with Gasteiger partial charge in [-0.25, -0.2) is 0 Å². The lowest BCUT2D eigenvalue weighted by atomic mass is 9.87. The minimum absolute atomic E-state index is 0.333. The lowest BCUT2D eigenvalue weighted by Gasteiger charge is -2.37. The lowest BCUT2D eigenvalue weighted by Crippen LogP contribution is -2.51. The zero-order chi connectivity index (χ0) is 13.7. The molecule has 0 radical (unpaired) electrons. The zero-order valence-corrected chi connectivity index (χ0v) is 12.2. The van der Waals surface area contributed by atoms with Gasteiger partial charge in [0.25, 0.3) is 0 Å². The number of carboxylic acids is 1. The van der Waals surface area contributed by atoms with Crippen LogP contribution in [0.2, 0.25) is 0 Å². The van der Waals surface area contributed by atoms with E-state index in [1.807, 2.05) is 0 Å². The Morgan fingerprint density at radius 3 is 2.37 bits per heavy atom. The van der Waals surface area contributed by atoms with Crippen LogP contribution in [0.15, 0.2) is 0 Å². The van der Waals surface area contributed by atoms with Crippen molar-refractivity contribution >= 4 is 5.97 Å². The normalized spacial score (nSPS) is 25.3. The Hall–Kier alpha value is -0.610. The molecule has 1 saturated carbocycles. The maximum absolute atomic E-state index is 11.0. The molecule has 0 aromatic rings. The van der Waals surface area contributed by atoms with E-state index in [4.69, 9.17) is 5.11 Å². The van der Waals surface area contributed by atoms with E-state index in [2.05, 4.69) is 9.80 Å². The fraction of sp³-hybridized carbons (Fsp3) is 0.933. The summed E-state index contributed by atoms with van der Waals surface area (Å²) in [4.78, 5) is 15.6. The molecular formula is C15H28N2O2. The summed E-state index contributed by atoms with van der Waals surface area (Å²) in [6, 6.07) is -0.333. The van der Waals surface area contributed by atoms with E-state index in [0.29, 0.717) is 0 Å². The van der Waals surface area contributed by atoms with Crippen LogP contribution in [0.5, 0.6) is 0 Å². The number of hydrogen-bond acceptors (Lipinski definition) is 3. The standard InChI is InChI=1S/C15H28N2O2/c1-13(15(18)19)17-11-9-16(10-12-17)8-7-14-5-3-2-4-6-14/h13-14H,2-12H2,1H3,(H,18,19). The SMILES string of the molecule is CC(C(=O)O)N1CCN(CCC2CCCCC2)CC1. The average molecular weight is 268 g/mol. The van der Waals surface area contributed by atoms with Gasteiger partial charge in [0, 0.05) is 26.2 Å². The van der Waals surface area contributed by atoms with Crippen molar-refractivity contribution in [2.24, 2.45) is 5.92 Å². The van der Waals surface area contributed by atoms with Crippen LogP contribution >= 0.6 is 0 Å².